The lowest BCUT2D eigenvalue weighted by Crippen LogP contribution is -2.45. The number of rotatable bonds is 0. The van der Waals surface area contributed by atoms with Gasteiger partial charge in [-0.15, -0.1) is 0 Å². The van der Waals surface area contributed by atoms with Crippen LogP contribution >= 0.6 is 0 Å². The number of hydrogen-bond donors (Lipinski definition) is 7. The zero-order chi connectivity index (χ0) is 86.0. The van der Waals surface area contributed by atoms with Crippen molar-refractivity contribution in [3.63, 3.8) is 0 Å². The van der Waals surface area contributed by atoms with Gasteiger partial charge < -0.3 is 26.6 Å². The normalized spacial score (nSPS) is 36.5. The van der Waals surface area contributed by atoms with Crippen molar-refractivity contribution in [3.05, 3.63) is 61.4 Å². The zero-order valence-electron chi connectivity index (χ0n) is 76.9. The number of piperidine rings is 7. The molecule has 7 aliphatic rings. The molecule has 0 radical (unpaired) electrons. The molecule has 0 aliphatic carbocycles. The van der Waals surface area contributed by atoms with E-state index in [0.29, 0.717) is 41.6 Å². The summed E-state index contributed by atoms with van der Waals surface area (Å²) in [7, 11) is 0. The lowest BCUT2D eigenvalue weighted by molar-refractivity contribution is -0.140. The second-order valence-electron chi connectivity index (χ2n) is 28.6. The van der Waals surface area contributed by atoms with E-state index in [1.165, 1.54) is 0 Å². The van der Waals surface area contributed by atoms with E-state index in [1.807, 2.05) is 41.5 Å². The topological polar surface area (TPSA) is 238 Å². The SMILES string of the molecule is C.C.CC(C)(C)C1CCC(=O)NC1=O.[2H]C1(C(C)(C)C)CCC(=C)NC1=O.[2H]C1([2H])C(=C)NC(=O)C(C(C)(C)C)C1([2H])[2H].[2H]C1C(=C)N([2H])C(=O)C(C(C)(C)C)C1([2H])[2H].[2H]C1C(C(C)(C)C)C(=O)N([2H])C(=C)C1([2H])[2H].[2H]N1C(=C)C([2H])([2H])C([2H])([2H])C(C(C)(C)C)C1=O.[2H]N1C(=O)C(C(C)(C)C)C([2H])([2H])C([2H])([2H])C1=O. The van der Waals surface area contributed by atoms with Crippen LogP contribution in [-0.4, -0.2) is 53.2 Å². The van der Waals surface area contributed by atoms with Crippen molar-refractivity contribution in [1.29, 1.82) is 0 Å². The number of amides is 9. The van der Waals surface area contributed by atoms with E-state index in [-0.39, 0.29) is 71.7 Å². The van der Waals surface area contributed by atoms with Crippen molar-refractivity contribution < 1.29 is 74.8 Å². The summed E-state index contributed by atoms with van der Waals surface area (Å²) in [4.78, 5) is 104. The molecule has 0 aromatic heterocycles. The predicted octanol–water partition coefficient (Wildman–Crippen LogP) is 13.8. The first-order chi connectivity index (χ1) is 46.8. The summed E-state index contributed by atoms with van der Waals surface area (Å²) in [5.74, 6) is -11.8. The summed E-state index contributed by atoms with van der Waals surface area (Å²) >= 11 is 0. The summed E-state index contributed by atoms with van der Waals surface area (Å²) in [6.45, 7) is 54.4. The summed E-state index contributed by atoms with van der Waals surface area (Å²) < 4.78 is 178. The van der Waals surface area contributed by atoms with E-state index >= 15 is 0 Å². The van der Waals surface area contributed by atoms with Gasteiger partial charge in [0, 0.05) is 109 Å². The summed E-state index contributed by atoms with van der Waals surface area (Å²) in [6, 6.07) is 0. The van der Waals surface area contributed by atoms with Gasteiger partial charge in [-0.1, -0.05) is 193 Å². The van der Waals surface area contributed by atoms with Crippen LogP contribution < -0.4 is 37.2 Å². The lowest BCUT2D eigenvalue weighted by atomic mass is 9.76. The molecule has 492 valence electrons. The molecule has 7 heterocycles. The number of imide groups is 2. The Labute approximate surface area is 554 Å². The molecule has 7 fully saturated rings. The van der Waals surface area contributed by atoms with Crippen LogP contribution in [0.3, 0.4) is 0 Å². The monoisotopic (exact) mass is 1230 g/mol. The Morgan fingerprint density at radius 2 is 0.698 bits per heavy atom. The fourth-order valence-corrected chi connectivity index (χ4v) is 8.23. The van der Waals surface area contributed by atoms with Crippen molar-refractivity contribution >= 4 is 53.2 Å². The van der Waals surface area contributed by atoms with Gasteiger partial charge in [-0.2, -0.15) is 0 Å². The Kier molecular flexibility index (Phi) is 19.2. The average Bonchev–Trinajstić information content (AvgIpc) is 0.731. The Morgan fingerprint density at radius 1 is 0.349 bits per heavy atom. The molecule has 0 aromatic rings. The quantitative estimate of drug-likeness (QED) is 0.114. The van der Waals surface area contributed by atoms with Gasteiger partial charge in [0.25, 0.3) is 0 Å². The van der Waals surface area contributed by atoms with E-state index in [2.05, 4.69) is 48.8 Å². The molecule has 9 unspecified atom stereocenters. The van der Waals surface area contributed by atoms with Gasteiger partial charge in [0.2, 0.25) is 53.2 Å². The molecule has 7 aliphatic heterocycles. The van der Waals surface area contributed by atoms with Gasteiger partial charge in [0.1, 0.15) is 0 Å². The summed E-state index contributed by atoms with van der Waals surface area (Å²) in [5, 5.41) is 8.74. The summed E-state index contributed by atoms with van der Waals surface area (Å²) in [5.41, 5.74) is -4.11. The maximum atomic E-state index is 12.0. The standard InChI is InChI=1S/5C10H17NO.2C9H15NO2.2CH4/c5*1-7-5-6-8(9(12)11-7)10(2,3)4;2*1-9(2,3)6-4-5-7(11)10-8(6)12;;/h5*8H,1,5-6H2,2-4H3,(H,11,12);2*6H,4-5H2,1-3H3,(H,10,11,12);2*1H4/i2*5D2,6D2;5D2,6D;5D,6D2;8D;4D2,5D2;;;/hD4. The van der Waals surface area contributed by atoms with Crippen LogP contribution in [0.1, 0.15) is 276 Å². The van der Waals surface area contributed by atoms with E-state index in [0.717, 1.165) is 5.70 Å². The van der Waals surface area contributed by atoms with Gasteiger partial charge in [-0.05, 0) is 115 Å². The van der Waals surface area contributed by atoms with Crippen LogP contribution in [0, 0.1) is 79.3 Å². The van der Waals surface area contributed by atoms with Crippen molar-refractivity contribution in [2.75, 3.05) is 0 Å². The van der Waals surface area contributed by atoms with Crippen molar-refractivity contribution in [1.82, 2.24) is 37.2 Å². The smallest absolute Gasteiger partial charge is 0.230 e. The van der Waals surface area contributed by atoms with E-state index in [1.54, 1.807) is 104 Å². The molecule has 16 heteroatoms. The molecule has 0 saturated carbocycles. The molecule has 0 spiro atoms. The molecule has 0 bridgehead atoms. The lowest BCUT2D eigenvalue weighted by Gasteiger charge is -2.33. The molecular formula is C70H123N7O9. The maximum Gasteiger partial charge on any atom is 0.230 e. The van der Waals surface area contributed by atoms with E-state index < -0.39 is 167 Å². The number of hydrogen-bond acceptors (Lipinski definition) is 9. The summed E-state index contributed by atoms with van der Waals surface area (Å²) in [6.07, 6.45) is -18.9. The third-order valence-corrected chi connectivity index (χ3v) is 13.2. The molecule has 7 rings (SSSR count). The van der Waals surface area contributed by atoms with Crippen LogP contribution in [0.5, 0.6) is 0 Å². The molecule has 7 N–H and O–H groups in total. The minimum atomic E-state index is -2.87. The first-order valence-corrected chi connectivity index (χ1v) is 27.9. The molecule has 9 amide bonds. The highest BCUT2D eigenvalue weighted by molar-refractivity contribution is 5.99. The van der Waals surface area contributed by atoms with Gasteiger partial charge >= 0.3 is 0 Å². The van der Waals surface area contributed by atoms with Gasteiger partial charge in [0.05, 0.1) is 0 Å². The first kappa shape index (κ1) is 49.2. The molecule has 86 heavy (non-hydrogen) atoms. The molecular weight excluding hydrogens is 1080 g/mol. The predicted molar refractivity (Wildman–Crippen MR) is 351 cm³/mol. The van der Waals surface area contributed by atoms with Gasteiger partial charge in [0.15, 0.2) is 5.65 Å². The van der Waals surface area contributed by atoms with Crippen LogP contribution in [0.15, 0.2) is 61.4 Å². The number of carbonyl (C=O) groups is 9. The molecule has 0 aromatic carbocycles. The molecule has 9 atom stereocenters. The second kappa shape index (κ2) is 33.6. The maximum absolute atomic E-state index is 12.0. The molecule has 16 nitrogen and oxygen atoms in total. The third kappa shape index (κ3) is 28.9. The van der Waals surface area contributed by atoms with Crippen molar-refractivity contribution in [3.8, 4) is 0 Å². The minimum Gasteiger partial charge on any atom is -0.330 e. The van der Waals surface area contributed by atoms with Crippen molar-refractivity contribution in [2.24, 2.45) is 79.3 Å². The van der Waals surface area contributed by atoms with Crippen LogP contribution in [0.2, 0.25) is 5.65 Å². The zero-order valence-corrected chi connectivity index (χ0v) is 53.9. The van der Waals surface area contributed by atoms with E-state index in [9.17, 15) is 43.2 Å². The second-order valence-corrected chi connectivity index (χ2v) is 28.6. The average molecular weight is 1230 g/mol. The number of carbonyl (C=O) groups excluding carboxylic acids is 9. The van der Waals surface area contributed by atoms with Crippen LogP contribution in [0.4, 0.5) is 0 Å². The fourth-order valence-electron chi connectivity index (χ4n) is 8.23. The minimum absolute atomic E-state index is 0. The molecule has 7 saturated heterocycles. The number of allylic oxidation sites excluding steroid dienone is 5. The highest BCUT2D eigenvalue weighted by atomic mass is 16.2. The van der Waals surface area contributed by atoms with Crippen LogP contribution in [-0.2, 0) is 43.2 Å². The first-order valence-electron chi connectivity index (χ1n) is 39.4. The van der Waals surface area contributed by atoms with E-state index in [4.69, 9.17) is 31.7 Å². The largest absolute Gasteiger partial charge is 0.330 e. The highest BCUT2D eigenvalue weighted by Gasteiger charge is 2.40. The van der Waals surface area contributed by atoms with Crippen molar-refractivity contribution in [2.45, 2.75) is 250 Å². The Balaban J connectivity index is 0. The highest BCUT2D eigenvalue weighted by Crippen LogP contribution is 2.38. The fraction of sp³-hybridized carbons (Fsp3) is 0.729. The Morgan fingerprint density at radius 3 is 1.12 bits per heavy atom. The van der Waals surface area contributed by atoms with Gasteiger partial charge in [-0.3, -0.25) is 53.8 Å². The van der Waals surface area contributed by atoms with Gasteiger partial charge in [-0.25, -0.2) is 0 Å². The Bertz CT molecular complexity index is 3400. The Hall–Kier alpha value is -5.67. The third-order valence-electron chi connectivity index (χ3n) is 13.2. The number of nitrogens with one attached hydrogen (secondary N) is 7. The van der Waals surface area contributed by atoms with Crippen LogP contribution in [0.25, 0.3) is 0 Å².